The Bertz CT molecular complexity index is 784. The molecule has 110 valence electrons. The van der Waals surface area contributed by atoms with Crippen LogP contribution in [0.25, 0.3) is 10.6 Å². The molecule has 1 N–H and O–H groups in total. The lowest BCUT2D eigenvalue weighted by molar-refractivity contribution is 0.102. The first kappa shape index (κ1) is 15.0. The van der Waals surface area contributed by atoms with Crippen LogP contribution in [0.15, 0.2) is 48.0 Å². The third-order valence-electron chi connectivity index (χ3n) is 2.85. The molecule has 0 saturated carbocycles. The minimum atomic E-state index is -0.298. The summed E-state index contributed by atoms with van der Waals surface area (Å²) in [6.07, 6.45) is 1.76. The number of thiazole rings is 1. The molecule has 0 atom stereocenters. The summed E-state index contributed by atoms with van der Waals surface area (Å²) in [5.74, 6) is -0.298. The molecule has 4 nitrogen and oxygen atoms in total. The summed E-state index contributed by atoms with van der Waals surface area (Å²) in [4.78, 5) is 20.2. The quantitative estimate of drug-likeness (QED) is 0.693. The number of carbonyl (C=O) groups is 1. The number of hydrogen-bond donors (Lipinski definition) is 1. The topological polar surface area (TPSA) is 54.9 Å². The van der Waals surface area contributed by atoms with Crippen LogP contribution < -0.4 is 5.32 Å². The number of nitrogens with one attached hydrogen (secondary N) is 1. The van der Waals surface area contributed by atoms with E-state index in [9.17, 15) is 4.79 Å². The second-order valence-electron chi connectivity index (χ2n) is 4.37. The van der Waals surface area contributed by atoms with Gasteiger partial charge in [-0.2, -0.15) is 0 Å². The van der Waals surface area contributed by atoms with Crippen molar-refractivity contribution in [3.63, 3.8) is 0 Å². The molecule has 0 aliphatic heterocycles. The van der Waals surface area contributed by atoms with Gasteiger partial charge in [-0.05, 0) is 36.4 Å². The minimum Gasteiger partial charge on any atom is -0.322 e. The van der Waals surface area contributed by atoms with Crippen molar-refractivity contribution < 1.29 is 4.79 Å². The molecule has 0 saturated heterocycles. The van der Waals surface area contributed by atoms with Gasteiger partial charge >= 0.3 is 0 Å². The van der Waals surface area contributed by atoms with Gasteiger partial charge in [-0.3, -0.25) is 4.79 Å². The fourth-order valence-corrected chi connectivity index (χ4v) is 2.97. The van der Waals surface area contributed by atoms with E-state index >= 15 is 0 Å². The molecule has 1 aromatic carbocycles. The first-order valence-electron chi connectivity index (χ1n) is 6.26. The van der Waals surface area contributed by atoms with Crippen LogP contribution in [0.2, 0.25) is 10.3 Å². The molecule has 0 aliphatic rings. The van der Waals surface area contributed by atoms with Crippen molar-refractivity contribution in [3.8, 4) is 10.6 Å². The third kappa shape index (κ3) is 3.44. The van der Waals surface area contributed by atoms with Crippen molar-refractivity contribution in [2.75, 3.05) is 5.32 Å². The lowest BCUT2D eigenvalue weighted by atomic mass is 10.2. The molecule has 22 heavy (non-hydrogen) atoms. The van der Waals surface area contributed by atoms with Gasteiger partial charge in [0, 0.05) is 28.4 Å². The van der Waals surface area contributed by atoms with Gasteiger partial charge in [0.2, 0.25) is 0 Å². The molecular formula is C15H9Cl2N3OS. The van der Waals surface area contributed by atoms with Gasteiger partial charge in [0.15, 0.2) is 0 Å². The van der Waals surface area contributed by atoms with Crippen molar-refractivity contribution >= 4 is 46.1 Å². The Morgan fingerprint density at radius 3 is 2.36 bits per heavy atom. The maximum atomic E-state index is 12.2. The van der Waals surface area contributed by atoms with Crippen LogP contribution in [0.1, 0.15) is 10.4 Å². The molecule has 0 aliphatic carbocycles. The smallest absolute Gasteiger partial charge is 0.255 e. The summed E-state index contributed by atoms with van der Waals surface area (Å²) in [6.45, 7) is 0. The van der Waals surface area contributed by atoms with E-state index in [0.717, 1.165) is 10.6 Å². The normalized spacial score (nSPS) is 10.5. The highest BCUT2D eigenvalue weighted by Crippen LogP contribution is 2.23. The Morgan fingerprint density at radius 2 is 1.77 bits per heavy atom. The number of nitrogens with zero attached hydrogens (tertiary/aromatic N) is 2. The second kappa shape index (κ2) is 6.44. The van der Waals surface area contributed by atoms with Crippen LogP contribution in [-0.4, -0.2) is 15.9 Å². The van der Waals surface area contributed by atoms with Crippen molar-refractivity contribution in [3.05, 3.63) is 63.8 Å². The van der Waals surface area contributed by atoms with E-state index in [-0.39, 0.29) is 16.2 Å². The van der Waals surface area contributed by atoms with Crippen LogP contribution in [0.5, 0.6) is 0 Å². The number of anilines is 1. The molecule has 0 bridgehead atoms. The number of pyridine rings is 1. The highest BCUT2D eigenvalue weighted by atomic mass is 35.5. The summed E-state index contributed by atoms with van der Waals surface area (Å²) in [5.41, 5.74) is 2.03. The maximum Gasteiger partial charge on any atom is 0.255 e. The highest BCUT2D eigenvalue weighted by molar-refractivity contribution is 7.13. The molecule has 0 unspecified atom stereocenters. The van der Waals surface area contributed by atoms with E-state index in [1.807, 2.05) is 29.6 Å². The molecule has 0 spiro atoms. The number of rotatable bonds is 3. The minimum absolute atomic E-state index is 0.178. The number of hydrogen-bond acceptors (Lipinski definition) is 4. The largest absolute Gasteiger partial charge is 0.322 e. The zero-order valence-corrected chi connectivity index (χ0v) is 13.4. The van der Waals surface area contributed by atoms with E-state index in [1.54, 1.807) is 17.5 Å². The molecule has 0 radical (unpaired) electrons. The third-order valence-corrected chi connectivity index (χ3v) is 4.06. The summed E-state index contributed by atoms with van der Waals surface area (Å²) in [7, 11) is 0. The average Bonchev–Trinajstić information content (AvgIpc) is 3.01. The molecule has 2 aromatic heterocycles. The molecule has 3 rings (SSSR count). The first-order chi connectivity index (χ1) is 10.6. The molecule has 3 aromatic rings. The van der Waals surface area contributed by atoms with Gasteiger partial charge in [0.25, 0.3) is 5.91 Å². The Balaban J connectivity index is 1.76. The Morgan fingerprint density at radius 1 is 1.09 bits per heavy atom. The molecule has 2 heterocycles. The molecule has 0 fully saturated rings. The fourth-order valence-electron chi connectivity index (χ4n) is 1.86. The average molecular weight is 350 g/mol. The lowest BCUT2D eigenvalue weighted by Crippen LogP contribution is -2.12. The second-order valence-corrected chi connectivity index (χ2v) is 6.04. The zero-order valence-electron chi connectivity index (χ0n) is 11.1. The number of amides is 1. The van der Waals surface area contributed by atoms with Gasteiger partial charge in [0.1, 0.15) is 15.3 Å². The van der Waals surface area contributed by atoms with Crippen LogP contribution in [0.3, 0.4) is 0 Å². The molecule has 1 amide bonds. The van der Waals surface area contributed by atoms with E-state index in [4.69, 9.17) is 23.2 Å². The van der Waals surface area contributed by atoms with E-state index in [2.05, 4.69) is 15.3 Å². The highest BCUT2D eigenvalue weighted by Gasteiger charge is 2.09. The molecule has 7 heteroatoms. The van der Waals surface area contributed by atoms with E-state index < -0.39 is 0 Å². The van der Waals surface area contributed by atoms with Crippen LogP contribution in [0, 0.1) is 0 Å². The molecular weight excluding hydrogens is 341 g/mol. The number of halogens is 2. The maximum absolute atomic E-state index is 12.2. The summed E-state index contributed by atoms with van der Waals surface area (Å²) in [6, 6.07) is 10.4. The first-order valence-corrected chi connectivity index (χ1v) is 7.90. The van der Waals surface area contributed by atoms with Gasteiger partial charge < -0.3 is 5.32 Å². The van der Waals surface area contributed by atoms with Gasteiger partial charge in [-0.15, -0.1) is 11.3 Å². The number of aromatic nitrogens is 2. The fraction of sp³-hybridized carbons (Fsp3) is 0. The van der Waals surface area contributed by atoms with Crippen molar-refractivity contribution in [1.82, 2.24) is 9.97 Å². The summed E-state index contributed by atoms with van der Waals surface area (Å²) < 4.78 is 0. The summed E-state index contributed by atoms with van der Waals surface area (Å²) >= 11 is 13.1. The van der Waals surface area contributed by atoms with Gasteiger partial charge in [-0.25, -0.2) is 9.97 Å². The Hall–Kier alpha value is -1.95. The number of benzene rings is 1. The van der Waals surface area contributed by atoms with Crippen molar-refractivity contribution in [1.29, 1.82) is 0 Å². The van der Waals surface area contributed by atoms with Crippen LogP contribution in [0.4, 0.5) is 5.69 Å². The lowest BCUT2D eigenvalue weighted by Gasteiger charge is -2.06. The summed E-state index contributed by atoms with van der Waals surface area (Å²) in [5, 5.41) is 5.99. The van der Waals surface area contributed by atoms with Gasteiger partial charge in [0.05, 0.1) is 0 Å². The standard InChI is InChI=1S/C15H9Cl2N3OS/c16-12-7-10(8-13(17)20-12)14(21)19-11-3-1-9(2-4-11)15-18-5-6-22-15/h1-8H,(H,19,21). The predicted molar refractivity (Wildman–Crippen MR) is 89.8 cm³/mol. The van der Waals surface area contributed by atoms with Crippen LogP contribution >= 0.6 is 34.5 Å². The Kier molecular flexibility index (Phi) is 4.38. The van der Waals surface area contributed by atoms with Gasteiger partial charge in [-0.1, -0.05) is 23.2 Å². The van der Waals surface area contributed by atoms with Crippen molar-refractivity contribution in [2.24, 2.45) is 0 Å². The monoisotopic (exact) mass is 349 g/mol. The van der Waals surface area contributed by atoms with E-state index in [1.165, 1.54) is 12.1 Å². The predicted octanol–water partition coefficient (Wildman–Crippen LogP) is 4.76. The number of carbonyl (C=O) groups excluding carboxylic acids is 1. The Labute approximate surface area is 140 Å². The van der Waals surface area contributed by atoms with Crippen LogP contribution in [-0.2, 0) is 0 Å². The SMILES string of the molecule is O=C(Nc1ccc(-c2nccs2)cc1)c1cc(Cl)nc(Cl)c1. The van der Waals surface area contributed by atoms with E-state index in [0.29, 0.717) is 11.3 Å². The zero-order chi connectivity index (χ0) is 15.5. The van der Waals surface area contributed by atoms with Crippen molar-refractivity contribution in [2.45, 2.75) is 0 Å².